The molecule has 0 saturated carbocycles. The van der Waals surface area contributed by atoms with Gasteiger partial charge in [-0.3, -0.25) is 9.79 Å². The molecular weight excluding hydrogens is 236 g/mol. The molecule has 1 aliphatic rings. The number of fused-ring (bicyclic) bond motifs is 1. The van der Waals surface area contributed by atoms with Crippen LogP contribution in [0.2, 0.25) is 0 Å². The van der Waals surface area contributed by atoms with E-state index in [-0.39, 0.29) is 35.8 Å². The molecule has 3 nitrogen and oxygen atoms in total. The van der Waals surface area contributed by atoms with Crippen molar-refractivity contribution in [2.24, 2.45) is 4.99 Å². The number of nitrogens with one attached hydrogen (secondary N) is 1. The lowest BCUT2D eigenvalue weighted by Crippen LogP contribution is -2.13. The molecule has 1 N–H and O–H groups in total. The molecule has 0 spiro atoms. The summed E-state index contributed by atoms with van der Waals surface area (Å²) >= 11 is 0. The van der Waals surface area contributed by atoms with Crippen LogP contribution in [0.15, 0.2) is 53.4 Å². The van der Waals surface area contributed by atoms with Gasteiger partial charge in [0.1, 0.15) is 6.54 Å². The summed E-state index contributed by atoms with van der Waals surface area (Å²) in [6.07, 6.45) is 0. The molecule has 0 aliphatic carbocycles. The number of benzene rings is 2. The number of rotatable bonds is 1. The van der Waals surface area contributed by atoms with E-state index in [0.717, 1.165) is 5.56 Å². The predicted molar refractivity (Wildman–Crippen MR) is 76.8 cm³/mol. The molecule has 19 heavy (non-hydrogen) atoms. The molecule has 0 atom stereocenters. The smallest absolute Gasteiger partial charge is 0.246 e. The van der Waals surface area contributed by atoms with Crippen LogP contribution in [-0.2, 0) is 4.79 Å². The van der Waals surface area contributed by atoms with Gasteiger partial charge in [-0.2, -0.15) is 0 Å². The second-order valence-corrected chi connectivity index (χ2v) is 4.26. The summed E-state index contributed by atoms with van der Waals surface area (Å²) in [4.78, 5) is 16.1. The van der Waals surface area contributed by atoms with Crippen molar-refractivity contribution in [3.63, 3.8) is 0 Å². The summed E-state index contributed by atoms with van der Waals surface area (Å²) in [5, 5.41) is 2.72. The lowest BCUT2D eigenvalue weighted by atomic mass is 9.99. The molecule has 0 unspecified atom stereocenters. The lowest BCUT2D eigenvalue weighted by Gasteiger charge is -2.10. The Kier molecular flexibility index (Phi) is 1.79. The van der Waals surface area contributed by atoms with Crippen molar-refractivity contribution >= 4 is 17.3 Å². The Bertz CT molecular complexity index is 879. The van der Waals surface area contributed by atoms with E-state index < -0.39 is 18.1 Å². The van der Waals surface area contributed by atoms with Crippen molar-refractivity contribution in [1.29, 1.82) is 0 Å². The second-order valence-electron chi connectivity index (χ2n) is 4.26. The van der Waals surface area contributed by atoms with Crippen molar-refractivity contribution in [2.75, 3.05) is 11.9 Å². The van der Waals surface area contributed by atoms with E-state index in [1.54, 1.807) is 12.1 Å². The zero-order chi connectivity index (χ0) is 17.6. The van der Waals surface area contributed by atoms with Crippen LogP contribution in [0.3, 0.4) is 0 Å². The van der Waals surface area contributed by atoms with Crippen LogP contribution < -0.4 is 5.32 Å². The Labute approximate surface area is 119 Å². The molecule has 1 amide bonds. The fourth-order valence-corrected chi connectivity index (χ4v) is 1.97. The average Bonchev–Trinajstić information content (AvgIpc) is 2.70. The summed E-state index contributed by atoms with van der Waals surface area (Å²) in [6.45, 7) is 1.69. The molecule has 3 rings (SSSR count). The second kappa shape index (κ2) is 4.69. The maximum absolute atomic E-state index is 11.8. The molecule has 0 bridgehead atoms. The van der Waals surface area contributed by atoms with E-state index >= 15 is 0 Å². The number of amides is 1. The third-order valence-corrected chi connectivity index (χ3v) is 2.82. The molecule has 2 aromatic carbocycles. The highest BCUT2D eigenvalue weighted by molar-refractivity contribution is 6.19. The largest absolute Gasteiger partial charge is 0.324 e. The lowest BCUT2D eigenvalue weighted by molar-refractivity contribution is -0.114. The number of nitrogens with zero attached hydrogens (tertiary/aromatic N) is 1. The molecule has 0 radical (unpaired) electrons. The minimum atomic E-state index is -0.457. The van der Waals surface area contributed by atoms with Gasteiger partial charge in [0.05, 0.1) is 18.3 Å². The molecule has 2 aromatic rings. The van der Waals surface area contributed by atoms with Crippen LogP contribution in [0.1, 0.15) is 23.5 Å². The summed E-state index contributed by atoms with van der Waals surface area (Å²) in [5.41, 5.74) is 2.19. The minimum absolute atomic E-state index is 0.00403. The number of aliphatic imine (C=N–C) groups is 1. The number of carbonyl (C=O) groups excluding carboxylic acids is 1. The van der Waals surface area contributed by atoms with Crippen molar-refractivity contribution < 1.29 is 11.6 Å². The average molecular weight is 255 g/mol. The number of aryl methyl sites for hydroxylation is 1. The monoisotopic (exact) mass is 255 g/mol. The van der Waals surface area contributed by atoms with Gasteiger partial charge in [0.25, 0.3) is 0 Å². The Morgan fingerprint density at radius 3 is 2.84 bits per heavy atom. The Hall–Kier alpha value is -2.42. The minimum Gasteiger partial charge on any atom is -0.324 e. The SMILES string of the molecule is [2H]c1c([2H])c([2H])c(C2=NCC(=O)Nc3ccc(C)cc32)c([2H])c1[2H]. The van der Waals surface area contributed by atoms with E-state index in [4.69, 9.17) is 6.85 Å². The van der Waals surface area contributed by atoms with Gasteiger partial charge < -0.3 is 5.32 Å². The van der Waals surface area contributed by atoms with Crippen molar-refractivity contribution in [1.82, 2.24) is 0 Å². The van der Waals surface area contributed by atoms with E-state index in [2.05, 4.69) is 10.3 Å². The van der Waals surface area contributed by atoms with E-state index in [0.29, 0.717) is 11.3 Å². The van der Waals surface area contributed by atoms with Crippen LogP contribution in [0.4, 0.5) is 5.69 Å². The van der Waals surface area contributed by atoms with Gasteiger partial charge in [-0.1, -0.05) is 41.8 Å². The number of carbonyl (C=O) groups is 1. The van der Waals surface area contributed by atoms with Crippen LogP contribution >= 0.6 is 0 Å². The molecule has 3 heteroatoms. The maximum atomic E-state index is 11.8. The molecule has 0 aromatic heterocycles. The van der Waals surface area contributed by atoms with Crippen molar-refractivity contribution in [3.8, 4) is 0 Å². The van der Waals surface area contributed by atoms with Gasteiger partial charge in [-0.15, -0.1) is 0 Å². The van der Waals surface area contributed by atoms with Gasteiger partial charge in [-0.25, -0.2) is 0 Å². The first-order chi connectivity index (χ1) is 11.3. The third-order valence-electron chi connectivity index (χ3n) is 2.82. The number of anilines is 1. The number of benzodiazepines with no additional fused rings is 1. The summed E-state index contributed by atoms with van der Waals surface area (Å²) in [6, 6.07) is 3.35. The third kappa shape index (κ3) is 2.27. The topological polar surface area (TPSA) is 41.5 Å². The molecular formula is C16H14N2O. The molecule has 0 saturated heterocycles. The molecule has 94 valence electrons. The quantitative estimate of drug-likeness (QED) is 0.836. The van der Waals surface area contributed by atoms with Crippen LogP contribution in [0.25, 0.3) is 0 Å². The van der Waals surface area contributed by atoms with Gasteiger partial charge in [0, 0.05) is 11.1 Å². The van der Waals surface area contributed by atoms with Gasteiger partial charge in [0.2, 0.25) is 5.91 Å². The Balaban J connectivity index is 2.35. The summed E-state index contributed by atoms with van der Waals surface area (Å²) in [5.74, 6) is -0.317. The molecule has 1 heterocycles. The van der Waals surface area contributed by atoms with Crippen LogP contribution in [-0.4, -0.2) is 18.2 Å². The van der Waals surface area contributed by atoms with Crippen LogP contribution in [0.5, 0.6) is 0 Å². The molecule has 1 aliphatic heterocycles. The van der Waals surface area contributed by atoms with Gasteiger partial charge in [0.15, 0.2) is 0 Å². The van der Waals surface area contributed by atoms with Crippen molar-refractivity contribution in [3.05, 3.63) is 65.1 Å². The first kappa shape index (κ1) is 7.24. The van der Waals surface area contributed by atoms with Gasteiger partial charge >= 0.3 is 0 Å². The highest BCUT2D eigenvalue weighted by Crippen LogP contribution is 2.23. The maximum Gasteiger partial charge on any atom is 0.246 e. The zero-order valence-corrected chi connectivity index (χ0v) is 10.3. The highest BCUT2D eigenvalue weighted by atomic mass is 16.1. The van der Waals surface area contributed by atoms with Gasteiger partial charge in [-0.05, 0) is 19.1 Å². The number of hydrogen-bond donors (Lipinski definition) is 1. The number of hydrogen-bond acceptors (Lipinski definition) is 2. The standard InChI is InChI=1S/C16H14N2O/c1-11-7-8-14-13(9-11)16(17-10-15(19)18-14)12-5-3-2-4-6-12/h2-9H,10H2,1H3,(H,18,19)/i2D,3D,4D,5D,6D. The van der Waals surface area contributed by atoms with Crippen LogP contribution in [0, 0.1) is 6.92 Å². The fraction of sp³-hybridized carbons (Fsp3) is 0.125. The van der Waals surface area contributed by atoms with E-state index in [9.17, 15) is 4.79 Å². The first-order valence-electron chi connectivity index (χ1n) is 8.34. The van der Waals surface area contributed by atoms with E-state index in [1.165, 1.54) is 0 Å². The Morgan fingerprint density at radius 2 is 2.05 bits per heavy atom. The fourth-order valence-electron chi connectivity index (χ4n) is 1.97. The highest BCUT2D eigenvalue weighted by Gasteiger charge is 2.17. The first-order valence-corrected chi connectivity index (χ1v) is 5.84. The normalized spacial score (nSPS) is 17.8. The summed E-state index contributed by atoms with van der Waals surface area (Å²) < 4.78 is 39.6. The predicted octanol–water partition coefficient (Wildman–Crippen LogP) is 2.78. The van der Waals surface area contributed by atoms with Crippen molar-refractivity contribution in [2.45, 2.75) is 6.92 Å². The summed E-state index contributed by atoms with van der Waals surface area (Å²) in [7, 11) is 0. The molecule has 0 fully saturated rings. The van der Waals surface area contributed by atoms with E-state index in [1.807, 2.05) is 13.0 Å². The zero-order valence-electron chi connectivity index (χ0n) is 15.3. The Morgan fingerprint density at radius 1 is 1.26 bits per heavy atom.